The van der Waals surface area contributed by atoms with Gasteiger partial charge in [0, 0.05) is 0 Å². The summed E-state index contributed by atoms with van der Waals surface area (Å²) < 4.78 is 5.79. The third-order valence-corrected chi connectivity index (χ3v) is 5.75. The molecule has 33 heavy (non-hydrogen) atoms. The number of nitrogens with one attached hydrogen (secondary N) is 2. The van der Waals surface area contributed by atoms with Crippen molar-refractivity contribution in [2.75, 3.05) is 0 Å². The number of hydrogen-bond acceptors (Lipinski definition) is 4. The molecule has 0 spiro atoms. The summed E-state index contributed by atoms with van der Waals surface area (Å²) in [5.41, 5.74) is 0. The van der Waals surface area contributed by atoms with Crippen molar-refractivity contribution in [3.8, 4) is 0 Å². The highest BCUT2D eigenvalue weighted by Crippen LogP contribution is 2.35. The van der Waals surface area contributed by atoms with Crippen molar-refractivity contribution in [2.45, 2.75) is 126 Å². The van der Waals surface area contributed by atoms with Crippen LogP contribution in [0.15, 0.2) is 0 Å². The molecule has 6 heteroatoms. The van der Waals surface area contributed by atoms with Crippen molar-refractivity contribution >= 4 is 18.3 Å². The Balaban J connectivity index is 0. The Morgan fingerprint density at radius 2 is 1.45 bits per heavy atom. The second-order valence-corrected chi connectivity index (χ2v) is 9.98. The number of alkyl carbamates (subject to hydrolysis) is 1. The molecular weight excluding hydrogens is 416 g/mol. The monoisotopic (exact) mass is 470 g/mol. The smallest absolute Gasteiger partial charge is 0.408 e. The first-order valence-electron chi connectivity index (χ1n) is 13.3. The maximum atomic E-state index is 12.7. The third-order valence-electron chi connectivity index (χ3n) is 5.75. The molecule has 196 valence electrons. The Bertz CT molecular complexity index is 534. The van der Waals surface area contributed by atoms with E-state index in [0.717, 1.165) is 25.5 Å². The first-order chi connectivity index (χ1) is 15.5. The first-order valence-corrected chi connectivity index (χ1v) is 13.3. The lowest BCUT2D eigenvalue weighted by molar-refractivity contribution is -0.126. The molecule has 0 bridgehead atoms. The molecule has 5 unspecified atom stereocenters. The molecular formula is C27H54N2O4. The fourth-order valence-corrected chi connectivity index (χ4v) is 4.21. The van der Waals surface area contributed by atoms with Crippen molar-refractivity contribution in [1.82, 2.24) is 10.6 Å². The fourth-order valence-electron chi connectivity index (χ4n) is 4.21. The van der Waals surface area contributed by atoms with Gasteiger partial charge in [0.1, 0.15) is 18.4 Å². The number of carbonyl (C=O) groups is 3. The van der Waals surface area contributed by atoms with Crippen molar-refractivity contribution < 1.29 is 19.1 Å². The van der Waals surface area contributed by atoms with Crippen LogP contribution < -0.4 is 10.6 Å². The molecule has 1 rings (SSSR count). The van der Waals surface area contributed by atoms with Gasteiger partial charge in [-0.2, -0.15) is 0 Å². The summed E-state index contributed by atoms with van der Waals surface area (Å²) in [6, 6.07) is -1.25. The molecule has 0 heterocycles. The van der Waals surface area contributed by atoms with E-state index >= 15 is 0 Å². The van der Waals surface area contributed by atoms with E-state index in [1.807, 2.05) is 55.4 Å². The maximum absolute atomic E-state index is 12.7. The molecule has 1 aliphatic rings. The van der Waals surface area contributed by atoms with Crippen molar-refractivity contribution in [2.24, 2.45) is 29.6 Å². The van der Waals surface area contributed by atoms with Crippen molar-refractivity contribution in [1.29, 1.82) is 0 Å². The lowest BCUT2D eigenvalue weighted by Gasteiger charge is -2.37. The largest absolute Gasteiger partial charge is 0.446 e. The van der Waals surface area contributed by atoms with E-state index in [0.29, 0.717) is 30.6 Å². The molecule has 5 atom stereocenters. The fraction of sp³-hybridized carbons (Fsp3) is 0.889. The number of carbonyl (C=O) groups excluding carboxylic acids is 3. The quantitative estimate of drug-likeness (QED) is 0.363. The van der Waals surface area contributed by atoms with Gasteiger partial charge in [0.2, 0.25) is 5.91 Å². The number of hydrogen-bond donors (Lipinski definition) is 2. The lowest BCUT2D eigenvalue weighted by Crippen LogP contribution is -2.51. The van der Waals surface area contributed by atoms with E-state index in [2.05, 4.69) is 31.4 Å². The van der Waals surface area contributed by atoms with Gasteiger partial charge in [0.15, 0.2) is 0 Å². The van der Waals surface area contributed by atoms with Crippen LogP contribution in [0.5, 0.6) is 0 Å². The predicted molar refractivity (Wildman–Crippen MR) is 138 cm³/mol. The van der Waals surface area contributed by atoms with Gasteiger partial charge < -0.3 is 20.2 Å². The van der Waals surface area contributed by atoms with Gasteiger partial charge in [-0.1, -0.05) is 82.6 Å². The molecule has 0 aromatic heterocycles. The first kappa shape index (κ1) is 33.6. The molecule has 6 nitrogen and oxygen atoms in total. The molecule has 0 aromatic carbocycles. The summed E-state index contributed by atoms with van der Waals surface area (Å²) in [5.74, 6) is 1.49. The van der Waals surface area contributed by atoms with Gasteiger partial charge in [0.25, 0.3) is 0 Å². The maximum Gasteiger partial charge on any atom is 0.408 e. The zero-order valence-corrected chi connectivity index (χ0v) is 23.4. The Labute approximate surface area is 204 Å². The Morgan fingerprint density at radius 3 is 1.91 bits per heavy atom. The van der Waals surface area contributed by atoms with Crippen LogP contribution in [0.3, 0.4) is 0 Å². The van der Waals surface area contributed by atoms with E-state index in [1.54, 1.807) is 0 Å². The summed E-state index contributed by atoms with van der Waals surface area (Å²) in [7, 11) is 0. The zero-order valence-electron chi connectivity index (χ0n) is 23.4. The molecule has 1 fully saturated rings. The summed E-state index contributed by atoms with van der Waals surface area (Å²) in [6.45, 7) is 22.5. The van der Waals surface area contributed by atoms with Crippen LogP contribution in [0.25, 0.3) is 0 Å². The van der Waals surface area contributed by atoms with Crippen LogP contribution >= 0.6 is 0 Å². The molecule has 0 aliphatic heterocycles. The second kappa shape index (κ2) is 18.8. The van der Waals surface area contributed by atoms with Gasteiger partial charge in [-0.25, -0.2) is 4.79 Å². The van der Waals surface area contributed by atoms with E-state index < -0.39 is 18.2 Å². The highest BCUT2D eigenvalue weighted by molar-refractivity contribution is 5.87. The van der Waals surface area contributed by atoms with E-state index in [1.165, 1.54) is 0 Å². The Kier molecular flexibility index (Phi) is 19.1. The normalized spacial score (nSPS) is 21.7. The van der Waals surface area contributed by atoms with Crippen LogP contribution in [0.1, 0.15) is 108 Å². The number of rotatable bonds is 10. The molecule has 0 aromatic rings. The molecule has 0 saturated heterocycles. The number of aldehydes is 1. The number of ether oxygens (including phenoxy) is 1. The van der Waals surface area contributed by atoms with E-state index in [9.17, 15) is 14.4 Å². The summed E-state index contributed by atoms with van der Waals surface area (Å²) in [4.78, 5) is 36.7. The summed E-state index contributed by atoms with van der Waals surface area (Å²) in [5, 5.41) is 5.53. The van der Waals surface area contributed by atoms with Crippen LogP contribution in [-0.4, -0.2) is 36.5 Å². The SMILES string of the molecule is CC.CC.CC(C)CC(C=O)NC(=O)C(CC(C)C)NC(=O)OC1CC(C)CCC1C(C)C. The molecule has 2 amide bonds. The Hall–Kier alpha value is -1.59. The Morgan fingerprint density at radius 1 is 0.909 bits per heavy atom. The minimum absolute atomic E-state index is 0.120. The third kappa shape index (κ3) is 14.3. The molecule has 1 saturated carbocycles. The minimum atomic E-state index is -0.712. The second-order valence-electron chi connectivity index (χ2n) is 9.98. The van der Waals surface area contributed by atoms with E-state index in [4.69, 9.17) is 4.74 Å². The summed E-state index contributed by atoms with van der Waals surface area (Å²) in [6.07, 6.45) is 4.24. The van der Waals surface area contributed by atoms with Crippen LogP contribution in [0.2, 0.25) is 0 Å². The van der Waals surface area contributed by atoms with Crippen molar-refractivity contribution in [3.63, 3.8) is 0 Å². The van der Waals surface area contributed by atoms with Crippen LogP contribution in [0.4, 0.5) is 4.79 Å². The number of amides is 2. The van der Waals surface area contributed by atoms with Crippen LogP contribution in [0, 0.1) is 29.6 Å². The topological polar surface area (TPSA) is 84.5 Å². The lowest BCUT2D eigenvalue weighted by atomic mass is 9.75. The molecule has 2 N–H and O–H groups in total. The van der Waals surface area contributed by atoms with Gasteiger partial charge in [-0.15, -0.1) is 0 Å². The van der Waals surface area contributed by atoms with Gasteiger partial charge in [-0.05, 0) is 55.3 Å². The molecule has 0 radical (unpaired) electrons. The standard InChI is InChI=1S/C23H42N2O4.2C2H6/c1-14(2)10-18(13-26)24-22(27)20(11-15(3)4)25-23(28)29-21-12-17(7)8-9-19(21)16(5)6;2*1-2/h13-21H,8-12H2,1-7H3,(H,24,27)(H,25,28);2*1-2H3. The summed E-state index contributed by atoms with van der Waals surface area (Å²) >= 11 is 0. The highest BCUT2D eigenvalue weighted by Gasteiger charge is 2.34. The predicted octanol–water partition coefficient (Wildman–Crippen LogP) is 6.37. The van der Waals surface area contributed by atoms with Crippen molar-refractivity contribution in [3.05, 3.63) is 0 Å². The van der Waals surface area contributed by atoms with Crippen LogP contribution in [-0.2, 0) is 14.3 Å². The average molecular weight is 471 g/mol. The van der Waals surface area contributed by atoms with Gasteiger partial charge in [-0.3, -0.25) is 4.79 Å². The minimum Gasteiger partial charge on any atom is -0.446 e. The average Bonchev–Trinajstić information content (AvgIpc) is 2.74. The molecule has 1 aliphatic carbocycles. The highest BCUT2D eigenvalue weighted by atomic mass is 16.6. The van der Waals surface area contributed by atoms with E-state index in [-0.39, 0.29) is 23.8 Å². The van der Waals surface area contributed by atoms with Gasteiger partial charge >= 0.3 is 6.09 Å². The van der Waals surface area contributed by atoms with Gasteiger partial charge in [0.05, 0.1) is 6.04 Å². The zero-order chi connectivity index (χ0) is 26.1.